The zero-order chi connectivity index (χ0) is 22.6. The van der Waals surface area contributed by atoms with Crippen LogP contribution in [0, 0.1) is 46.3 Å². The van der Waals surface area contributed by atoms with Gasteiger partial charge in [-0.1, -0.05) is 20.8 Å². The molecule has 4 N–H and O–H groups in total. The van der Waals surface area contributed by atoms with Crippen LogP contribution < -0.4 is 5.73 Å². The SMILES string of the molecule is CCOC(=O)CC[C@H](C)C1CC[C@H]2C3[C@H](O)CC4C[C@H](N)CC[C@]4(C)[C@H]3C[C@H](O)[C@]12C. The molecule has 11 atom stereocenters. The molecular formula is C26H45NO4. The molecule has 0 amide bonds. The minimum Gasteiger partial charge on any atom is -0.466 e. The van der Waals surface area contributed by atoms with Gasteiger partial charge in [0.05, 0.1) is 18.8 Å². The monoisotopic (exact) mass is 435 g/mol. The molecule has 0 aliphatic heterocycles. The van der Waals surface area contributed by atoms with E-state index in [1.54, 1.807) is 0 Å². The molecule has 3 unspecified atom stereocenters. The Morgan fingerprint density at radius 3 is 2.58 bits per heavy atom. The second-order valence-electron chi connectivity index (χ2n) is 12.0. The number of hydrogen-bond acceptors (Lipinski definition) is 5. The maximum absolute atomic E-state index is 11.9. The number of esters is 1. The van der Waals surface area contributed by atoms with Crippen molar-refractivity contribution in [2.45, 2.75) is 104 Å². The van der Waals surface area contributed by atoms with Gasteiger partial charge in [-0.2, -0.15) is 0 Å². The molecular weight excluding hydrogens is 390 g/mol. The number of hydrogen-bond donors (Lipinski definition) is 3. The van der Waals surface area contributed by atoms with Gasteiger partial charge in [0.25, 0.3) is 0 Å². The lowest BCUT2D eigenvalue weighted by molar-refractivity contribution is -0.202. The minimum atomic E-state index is -0.338. The molecule has 0 aromatic carbocycles. The van der Waals surface area contributed by atoms with Crippen molar-refractivity contribution in [1.82, 2.24) is 0 Å². The van der Waals surface area contributed by atoms with Gasteiger partial charge in [-0.05, 0) is 105 Å². The Morgan fingerprint density at radius 2 is 1.87 bits per heavy atom. The zero-order valence-electron chi connectivity index (χ0n) is 20.1. The highest BCUT2D eigenvalue weighted by Gasteiger charge is 2.65. The summed E-state index contributed by atoms with van der Waals surface area (Å²) in [5.74, 6) is 2.14. The van der Waals surface area contributed by atoms with Gasteiger partial charge in [-0.3, -0.25) is 4.79 Å². The summed E-state index contributed by atoms with van der Waals surface area (Å²) < 4.78 is 5.13. The molecule has 0 aromatic rings. The molecule has 4 saturated carbocycles. The highest BCUT2D eigenvalue weighted by atomic mass is 16.5. The summed E-state index contributed by atoms with van der Waals surface area (Å²) in [6.45, 7) is 9.24. The average Bonchev–Trinajstić information content (AvgIpc) is 3.07. The summed E-state index contributed by atoms with van der Waals surface area (Å²) in [7, 11) is 0. The molecule has 4 aliphatic carbocycles. The van der Waals surface area contributed by atoms with Crippen molar-refractivity contribution in [2.24, 2.45) is 52.1 Å². The van der Waals surface area contributed by atoms with Gasteiger partial charge in [0.15, 0.2) is 0 Å². The second kappa shape index (κ2) is 8.61. The van der Waals surface area contributed by atoms with E-state index in [0.29, 0.717) is 42.6 Å². The smallest absolute Gasteiger partial charge is 0.305 e. The highest BCUT2D eigenvalue weighted by molar-refractivity contribution is 5.69. The van der Waals surface area contributed by atoms with Gasteiger partial charge in [0.2, 0.25) is 0 Å². The van der Waals surface area contributed by atoms with Crippen LogP contribution in [0.1, 0.15) is 85.5 Å². The van der Waals surface area contributed by atoms with Gasteiger partial charge in [-0.15, -0.1) is 0 Å². The first-order valence-electron chi connectivity index (χ1n) is 12.9. The Morgan fingerprint density at radius 1 is 1.13 bits per heavy atom. The number of aliphatic hydroxyl groups is 2. The third-order valence-corrected chi connectivity index (χ3v) is 10.7. The predicted molar refractivity (Wildman–Crippen MR) is 121 cm³/mol. The summed E-state index contributed by atoms with van der Waals surface area (Å²) in [6.07, 6.45) is 7.71. The first kappa shape index (κ1) is 23.5. The Balaban J connectivity index is 1.54. The fourth-order valence-corrected chi connectivity index (χ4v) is 8.97. The van der Waals surface area contributed by atoms with Gasteiger partial charge in [-0.25, -0.2) is 0 Å². The zero-order valence-corrected chi connectivity index (χ0v) is 20.1. The molecule has 5 heteroatoms. The lowest BCUT2D eigenvalue weighted by atomic mass is 9.43. The van der Waals surface area contributed by atoms with Crippen molar-refractivity contribution in [3.63, 3.8) is 0 Å². The van der Waals surface area contributed by atoms with E-state index in [0.717, 1.165) is 51.4 Å². The topological polar surface area (TPSA) is 92.8 Å². The third kappa shape index (κ3) is 3.77. The Kier molecular flexibility index (Phi) is 6.53. The number of aliphatic hydroxyl groups excluding tert-OH is 2. The van der Waals surface area contributed by atoms with E-state index in [1.165, 1.54) is 0 Å². The van der Waals surface area contributed by atoms with Crippen molar-refractivity contribution in [3.05, 3.63) is 0 Å². The summed E-state index contributed by atoms with van der Waals surface area (Å²) in [5, 5.41) is 23.0. The maximum Gasteiger partial charge on any atom is 0.305 e. The van der Waals surface area contributed by atoms with Crippen LogP contribution in [-0.2, 0) is 9.53 Å². The van der Waals surface area contributed by atoms with Crippen LogP contribution in [0.5, 0.6) is 0 Å². The average molecular weight is 436 g/mol. The van der Waals surface area contributed by atoms with E-state index >= 15 is 0 Å². The van der Waals surface area contributed by atoms with Crippen molar-refractivity contribution in [2.75, 3.05) is 6.61 Å². The molecule has 0 aromatic heterocycles. The number of nitrogens with two attached hydrogens (primary N) is 1. The van der Waals surface area contributed by atoms with E-state index in [1.807, 2.05) is 6.92 Å². The third-order valence-electron chi connectivity index (χ3n) is 10.7. The van der Waals surface area contributed by atoms with Crippen LogP contribution in [0.3, 0.4) is 0 Å². The van der Waals surface area contributed by atoms with Gasteiger partial charge in [0.1, 0.15) is 0 Å². The van der Waals surface area contributed by atoms with E-state index in [2.05, 4.69) is 20.8 Å². The van der Waals surface area contributed by atoms with Crippen LogP contribution in [0.4, 0.5) is 0 Å². The summed E-state index contributed by atoms with van der Waals surface area (Å²) in [5.41, 5.74) is 6.32. The molecule has 0 spiro atoms. The lowest BCUT2D eigenvalue weighted by Crippen LogP contribution is -2.62. The Labute approximate surface area is 188 Å². The van der Waals surface area contributed by atoms with Crippen LogP contribution in [0.15, 0.2) is 0 Å². The summed E-state index contributed by atoms with van der Waals surface area (Å²) >= 11 is 0. The molecule has 5 nitrogen and oxygen atoms in total. The fraction of sp³-hybridized carbons (Fsp3) is 0.962. The molecule has 4 fully saturated rings. The second-order valence-corrected chi connectivity index (χ2v) is 12.0. The quantitative estimate of drug-likeness (QED) is 0.570. The largest absolute Gasteiger partial charge is 0.466 e. The van der Waals surface area contributed by atoms with Crippen molar-refractivity contribution in [1.29, 1.82) is 0 Å². The van der Waals surface area contributed by atoms with Crippen LogP contribution in [0.2, 0.25) is 0 Å². The predicted octanol–water partition coefficient (Wildman–Crippen LogP) is 3.89. The summed E-state index contributed by atoms with van der Waals surface area (Å²) in [4.78, 5) is 11.9. The number of ether oxygens (including phenoxy) is 1. The van der Waals surface area contributed by atoms with Crippen molar-refractivity contribution < 1.29 is 19.7 Å². The van der Waals surface area contributed by atoms with E-state index < -0.39 is 0 Å². The number of carbonyl (C=O) groups excluding carboxylic acids is 1. The molecule has 0 radical (unpaired) electrons. The minimum absolute atomic E-state index is 0.115. The first-order valence-corrected chi connectivity index (χ1v) is 12.9. The Bertz CT molecular complexity index is 670. The fourth-order valence-electron chi connectivity index (χ4n) is 8.97. The Hall–Kier alpha value is -0.650. The molecule has 31 heavy (non-hydrogen) atoms. The standard InChI is InChI=1S/C26H45NO4/c1-5-31-23(30)9-6-15(2)18-7-8-19-24-20(14-22(29)26(18,19)4)25(3)11-10-17(27)12-16(25)13-21(24)28/h15-22,24,28-29H,5-14,27H2,1-4H3/t15-,16?,17+,18?,19-,20-,21+,22-,24?,25-,26+/m0/s1. The van der Waals surface area contributed by atoms with Crippen LogP contribution >= 0.6 is 0 Å². The molecule has 4 aliphatic rings. The highest BCUT2D eigenvalue weighted by Crippen LogP contribution is 2.68. The molecule has 0 bridgehead atoms. The lowest BCUT2D eigenvalue weighted by Gasteiger charge is -2.63. The van der Waals surface area contributed by atoms with Crippen LogP contribution in [0.25, 0.3) is 0 Å². The molecule has 178 valence electrons. The van der Waals surface area contributed by atoms with Crippen LogP contribution in [-0.4, -0.2) is 41.0 Å². The molecule has 4 rings (SSSR count). The molecule has 0 heterocycles. The van der Waals surface area contributed by atoms with Crippen molar-refractivity contribution >= 4 is 5.97 Å². The summed E-state index contributed by atoms with van der Waals surface area (Å²) in [6, 6.07) is 0.261. The number of rotatable bonds is 5. The van der Waals surface area contributed by atoms with Gasteiger partial charge in [0, 0.05) is 12.5 Å². The normalized spacial score (nSPS) is 50.2. The number of carbonyl (C=O) groups is 1. The number of fused-ring (bicyclic) bond motifs is 5. The molecule has 0 saturated heterocycles. The maximum atomic E-state index is 11.9. The van der Waals surface area contributed by atoms with Crippen molar-refractivity contribution in [3.8, 4) is 0 Å². The van der Waals surface area contributed by atoms with Gasteiger partial charge >= 0.3 is 5.97 Å². The van der Waals surface area contributed by atoms with E-state index in [4.69, 9.17) is 10.5 Å². The van der Waals surface area contributed by atoms with E-state index in [9.17, 15) is 15.0 Å². The van der Waals surface area contributed by atoms with Gasteiger partial charge < -0.3 is 20.7 Å². The first-order chi connectivity index (χ1) is 14.6. The van der Waals surface area contributed by atoms with E-state index in [-0.39, 0.29) is 41.0 Å².